The monoisotopic (exact) mass is 519 g/mol. The van der Waals surface area contributed by atoms with E-state index in [1.165, 1.54) is 12.1 Å². The van der Waals surface area contributed by atoms with Crippen molar-refractivity contribution in [1.29, 1.82) is 0 Å². The SMILES string of the molecule is CCc1ccc([C@@H]2OC3(C(=O)c4ccccc4C3=O)[C@H]3C(=O)N(c4ccc(C(F)(F)F)cc4)C(=O)[C@H]23)cc1. The third-order valence-electron chi connectivity index (χ3n) is 7.69. The van der Waals surface area contributed by atoms with E-state index in [2.05, 4.69) is 0 Å². The molecule has 6 nitrogen and oxygen atoms in total. The first-order chi connectivity index (χ1) is 18.1. The second kappa shape index (κ2) is 8.19. The summed E-state index contributed by atoms with van der Waals surface area (Å²) in [6, 6.07) is 16.9. The number of nitrogens with zero attached hydrogens (tertiary/aromatic N) is 1. The van der Waals surface area contributed by atoms with E-state index in [0.717, 1.165) is 41.1 Å². The number of ether oxygens (including phenoxy) is 1. The van der Waals surface area contributed by atoms with Crippen LogP contribution in [0.15, 0.2) is 72.8 Å². The molecule has 38 heavy (non-hydrogen) atoms. The van der Waals surface area contributed by atoms with E-state index in [-0.39, 0.29) is 16.8 Å². The molecular weight excluding hydrogens is 499 g/mol. The molecule has 3 aliphatic rings. The van der Waals surface area contributed by atoms with E-state index < -0.39 is 58.7 Å². The molecule has 2 heterocycles. The Balaban J connectivity index is 1.49. The lowest BCUT2D eigenvalue weighted by Gasteiger charge is -2.27. The van der Waals surface area contributed by atoms with Crippen LogP contribution in [0.3, 0.4) is 0 Å². The number of rotatable bonds is 3. The minimum absolute atomic E-state index is 0.0759. The highest BCUT2D eigenvalue weighted by Crippen LogP contribution is 2.57. The molecule has 0 saturated carbocycles. The van der Waals surface area contributed by atoms with Crippen molar-refractivity contribution in [3.63, 3.8) is 0 Å². The van der Waals surface area contributed by atoms with Crippen molar-refractivity contribution in [2.75, 3.05) is 4.90 Å². The normalized spacial score (nSPS) is 23.9. The molecule has 2 amide bonds. The molecule has 1 spiro atoms. The fraction of sp³-hybridized carbons (Fsp3) is 0.241. The average Bonchev–Trinajstić information content (AvgIpc) is 3.48. The number of imide groups is 1. The number of hydrogen-bond acceptors (Lipinski definition) is 5. The Hall–Kier alpha value is -4.11. The summed E-state index contributed by atoms with van der Waals surface area (Å²) >= 11 is 0. The van der Waals surface area contributed by atoms with Crippen molar-refractivity contribution in [3.8, 4) is 0 Å². The molecule has 2 saturated heterocycles. The van der Waals surface area contributed by atoms with Crippen molar-refractivity contribution in [2.45, 2.75) is 31.2 Å². The summed E-state index contributed by atoms with van der Waals surface area (Å²) in [5.74, 6) is -5.69. The van der Waals surface area contributed by atoms with Crippen molar-refractivity contribution >= 4 is 29.1 Å². The first-order valence-electron chi connectivity index (χ1n) is 12.1. The highest BCUT2D eigenvalue weighted by Gasteiger charge is 2.74. The Bertz CT molecular complexity index is 1480. The van der Waals surface area contributed by atoms with Crippen LogP contribution in [-0.2, 0) is 26.9 Å². The maximum absolute atomic E-state index is 13.9. The Morgan fingerprint density at radius 1 is 0.816 bits per heavy atom. The lowest BCUT2D eigenvalue weighted by molar-refractivity contribution is -0.137. The molecule has 0 radical (unpaired) electrons. The molecule has 3 atom stereocenters. The van der Waals surface area contributed by atoms with Gasteiger partial charge in [-0.2, -0.15) is 13.2 Å². The maximum atomic E-state index is 13.9. The van der Waals surface area contributed by atoms with Crippen molar-refractivity contribution in [3.05, 3.63) is 101 Å². The van der Waals surface area contributed by atoms with Gasteiger partial charge in [0.15, 0.2) is 0 Å². The molecule has 192 valence electrons. The molecule has 6 rings (SSSR count). The molecule has 2 aliphatic heterocycles. The molecule has 0 bridgehead atoms. The molecule has 0 aromatic heterocycles. The second-order valence-electron chi connectivity index (χ2n) is 9.63. The Kier molecular flexibility index (Phi) is 5.23. The quantitative estimate of drug-likeness (QED) is 0.361. The van der Waals surface area contributed by atoms with Gasteiger partial charge >= 0.3 is 6.18 Å². The summed E-state index contributed by atoms with van der Waals surface area (Å²) in [5.41, 5.74) is -1.52. The van der Waals surface area contributed by atoms with E-state index in [0.29, 0.717) is 5.56 Å². The summed E-state index contributed by atoms with van der Waals surface area (Å²) in [5, 5.41) is 0. The number of aryl methyl sites for hydroxylation is 1. The molecule has 1 aliphatic carbocycles. The predicted molar refractivity (Wildman–Crippen MR) is 128 cm³/mol. The van der Waals surface area contributed by atoms with Crippen LogP contribution < -0.4 is 4.90 Å². The number of ketones is 2. The van der Waals surface area contributed by atoms with Gasteiger partial charge in [0, 0.05) is 11.1 Å². The minimum Gasteiger partial charge on any atom is -0.349 e. The number of carbonyl (C=O) groups is 4. The predicted octanol–water partition coefficient (Wildman–Crippen LogP) is 4.96. The van der Waals surface area contributed by atoms with Crippen LogP contribution in [0.5, 0.6) is 0 Å². The third kappa shape index (κ3) is 3.18. The Labute approximate surface area is 215 Å². The van der Waals surface area contributed by atoms with Crippen LogP contribution >= 0.6 is 0 Å². The summed E-state index contributed by atoms with van der Waals surface area (Å²) in [7, 11) is 0. The van der Waals surface area contributed by atoms with E-state index in [9.17, 15) is 32.3 Å². The van der Waals surface area contributed by atoms with Crippen molar-refractivity contribution in [1.82, 2.24) is 0 Å². The average molecular weight is 519 g/mol. The number of Topliss-reactive ketones (excluding diaryl/α,β-unsaturated/α-hetero) is 2. The zero-order valence-corrected chi connectivity index (χ0v) is 20.0. The van der Waals surface area contributed by atoms with Gasteiger partial charge < -0.3 is 4.74 Å². The second-order valence-corrected chi connectivity index (χ2v) is 9.63. The number of fused-ring (bicyclic) bond motifs is 3. The molecule has 3 aromatic carbocycles. The van der Waals surface area contributed by atoms with Crippen LogP contribution in [0.4, 0.5) is 18.9 Å². The van der Waals surface area contributed by atoms with E-state index in [1.807, 2.05) is 19.1 Å². The van der Waals surface area contributed by atoms with Gasteiger partial charge in [0.05, 0.1) is 29.2 Å². The summed E-state index contributed by atoms with van der Waals surface area (Å²) in [6.45, 7) is 1.97. The van der Waals surface area contributed by atoms with E-state index >= 15 is 0 Å². The number of carbonyl (C=O) groups excluding carboxylic acids is 4. The van der Waals surface area contributed by atoms with Gasteiger partial charge in [-0.05, 0) is 41.8 Å². The number of halogens is 3. The smallest absolute Gasteiger partial charge is 0.349 e. The van der Waals surface area contributed by atoms with Crippen LogP contribution in [0.1, 0.15) is 50.4 Å². The highest BCUT2D eigenvalue weighted by molar-refractivity contribution is 6.37. The number of amides is 2. The van der Waals surface area contributed by atoms with E-state index in [4.69, 9.17) is 4.74 Å². The molecule has 0 unspecified atom stereocenters. The standard InChI is InChI=1S/C29H20F3NO5/c1-2-15-7-9-16(10-8-15)23-21-22(28(38-23)24(34)19-5-3-4-6-20(19)25(28)35)27(37)33(26(21)36)18-13-11-17(12-14-18)29(30,31)32/h3-14,21-23H,2H2,1H3/t21-,22+,23-/m0/s1. The minimum atomic E-state index is -4.60. The van der Waals surface area contributed by atoms with Crippen LogP contribution in [-0.4, -0.2) is 29.0 Å². The van der Waals surface area contributed by atoms with Crippen molar-refractivity contribution in [2.24, 2.45) is 11.8 Å². The maximum Gasteiger partial charge on any atom is 0.416 e. The number of hydrogen-bond donors (Lipinski definition) is 0. The van der Waals surface area contributed by atoms with Gasteiger partial charge in [0.1, 0.15) is 0 Å². The first kappa shape index (κ1) is 24.2. The number of alkyl halides is 3. The fourth-order valence-electron chi connectivity index (χ4n) is 5.82. The van der Waals surface area contributed by atoms with Crippen LogP contribution in [0.25, 0.3) is 0 Å². The Morgan fingerprint density at radius 3 is 1.92 bits per heavy atom. The first-order valence-corrected chi connectivity index (χ1v) is 12.1. The molecule has 3 aromatic rings. The summed E-state index contributed by atoms with van der Waals surface area (Å²) < 4.78 is 45.5. The zero-order valence-electron chi connectivity index (χ0n) is 20.0. The van der Waals surface area contributed by atoms with Gasteiger partial charge in [0.2, 0.25) is 29.0 Å². The van der Waals surface area contributed by atoms with Gasteiger partial charge in [0.25, 0.3) is 0 Å². The highest BCUT2D eigenvalue weighted by atomic mass is 19.4. The van der Waals surface area contributed by atoms with Gasteiger partial charge in [-0.3, -0.25) is 19.2 Å². The molecule has 2 fully saturated rings. The lowest BCUT2D eigenvalue weighted by atomic mass is 9.77. The third-order valence-corrected chi connectivity index (χ3v) is 7.69. The topological polar surface area (TPSA) is 80.8 Å². The van der Waals surface area contributed by atoms with Gasteiger partial charge in [-0.15, -0.1) is 0 Å². The van der Waals surface area contributed by atoms with E-state index in [1.54, 1.807) is 24.3 Å². The lowest BCUT2D eigenvalue weighted by Crippen LogP contribution is -2.51. The van der Waals surface area contributed by atoms with Crippen LogP contribution in [0.2, 0.25) is 0 Å². The van der Waals surface area contributed by atoms with Crippen LogP contribution in [0, 0.1) is 11.8 Å². The van der Waals surface area contributed by atoms with Gasteiger partial charge in [-0.25, -0.2) is 4.90 Å². The number of benzene rings is 3. The largest absolute Gasteiger partial charge is 0.416 e. The van der Waals surface area contributed by atoms with Crippen molar-refractivity contribution < 1.29 is 37.1 Å². The summed E-state index contributed by atoms with van der Waals surface area (Å²) in [6.07, 6.45) is -4.94. The molecular formula is C29H20F3NO5. The number of anilines is 1. The summed E-state index contributed by atoms with van der Waals surface area (Å²) in [4.78, 5) is 55.9. The Morgan fingerprint density at radius 2 is 1.39 bits per heavy atom. The zero-order chi connectivity index (χ0) is 27.0. The molecule has 0 N–H and O–H groups in total. The fourth-order valence-corrected chi connectivity index (χ4v) is 5.82. The molecule has 9 heteroatoms. The van der Waals surface area contributed by atoms with Gasteiger partial charge in [-0.1, -0.05) is 55.5 Å².